The standard InChI is InChI=1S/C17H28O/c1-8-12-11-15(17(4,5)6)13(9-2)14(10-3)16(12)18-7/h11H,8-10H2,1-7H3. The molecule has 102 valence electrons. The largest absolute Gasteiger partial charge is 0.496 e. The summed E-state index contributed by atoms with van der Waals surface area (Å²) in [6.45, 7) is 13.6. The second-order valence-electron chi connectivity index (χ2n) is 5.88. The van der Waals surface area contributed by atoms with Gasteiger partial charge < -0.3 is 4.74 Å². The van der Waals surface area contributed by atoms with Gasteiger partial charge in [-0.15, -0.1) is 0 Å². The quantitative estimate of drug-likeness (QED) is 0.751. The predicted octanol–water partition coefficient (Wildman–Crippen LogP) is 4.68. The van der Waals surface area contributed by atoms with Crippen molar-refractivity contribution in [3.63, 3.8) is 0 Å². The molecule has 1 aromatic carbocycles. The Morgan fingerprint density at radius 1 is 0.944 bits per heavy atom. The van der Waals surface area contributed by atoms with Gasteiger partial charge in [0, 0.05) is 0 Å². The summed E-state index contributed by atoms with van der Waals surface area (Å²) in [6.07, 6.45) is 3.16. The molecule has 0 aliphatic carbocycles. The third-order valence-corrected chi connectivity index (χ3v) is 3.67. The Labute approximate surface area is 113 Å². The molecule has 1 aromatic rings. The Morgan fingerprint density at radius 2 is 1.50 bits per heavy atom. The molecule has 0 fully saturated rings. The number of benzene rings is 1. The predicted molar refractivity (Wildman–Crippen MR) is 79.8 cm³/mol. The summed E-state index contributed by atoms with van der Waals surface area (Å²) in [5.74, 6) is 1.12. The lowest BCUT2D eigenvalue weighted by atomic mass is 9.79. The van der Waals surface area contributed by atoms with Gasteiger partial charge in [0.2, 0.25) is 0 Å². The third kappa shape index (κ3) is 2.71. The second kappa shape index (κ2) is 5.77. The minimum Gasteiger partial charge on any atom is -0.496 e. The third-order valence-electron chi connectivity index (χ3n) is 3.67. The van der Waals surface area contributed by atoms with E-state index in [2.05, 4.69) is 47.6 Å². The highest BCUT2D eigenvalue weighted by atomic mass is 16.5. The molecule has 0 unspecified atom stereocenters. The zero-order chi connectivity index (χ0) is 13.9. The number of ether oxygens (including phenoxy) is 1. The molecule has 0 aliphatic heterocycles. The van der Waals surface area contributed by atoms with Gasteiger partial charge in [-0.2, -0.15) is 0 Å². The first-order valence-electron chi connectivity index (χ1n) is 7.12. The molecule has 0 aliphatic rings. The molecule has 0 amide bonds. The highest BCUT2D eigenvalue weighted by Gasteiger charge is 2.23. The van der Waals surface area contributed by atoms with Crippen LogP contribution < -0.4 is 4.74 Å². The Hall–Kier alpha value is -0.980. The Morgan fingerprint density at radius 3 is 1.83 bits per heavy atom. The maximum atomic E-state index is 5.67. The van der Waals surface area contributed by atoms with Crippen LogP contribution in [0, 0.1) is 0 Å². The van der Waals surface area contributed by atoms with Crippen LogP contribution in [0.2, 0.25) is 0 Å². The molecule has 1 nitrogen and oxygen atoms in total. The number of aryl methyl sites for hydroxylation is 1. The van der Waals surface area contributed by atoms with E-state index in [9.17, 15) is 0 Å². The van der Waals surface area contributed by atoms with Crippen molar-refractivity contribution in [3.05, 3.63) is 28.3 Å². The van der Waals surface area contributed by atoms with Crippen LogP contribution in [0.5, 0.6) is 5.75 Å². The van der Waals surface area contributed by atoms with Gasteiger partial charge >= 0.3 is 0 Å². The van der Waals surface area contributed by atoms with Crippen molar-refractivity contribution in [1.82, 2.24) is 0 Å². The van der Waals surface area contributed by atoms with Crippen molar-refractivity contribution >= 4 is 0 Å². The number of hydrogen-bond acceptors (Lipinski definition) is 1. The molecular weight excluding hydrogens is 220 g/mol. The zero-order valence-corrected chi connectivity index (χ0v) is 13.1. The summed E-state index contributed by atoms with van der Waals surface area (Å²) >= 11 is 0. The summed E-state index contributed by atoms with van der Waals surface area (Å²) in [5, 5.41) is 0. The maximum absolute atomic E-state index is 5.67. The number of hydrogen-bond donors (Lipinski definition) is 0. The lowest BCUT2D eigenvalue weighted by Gasteiger charge is -2.27. The fourth-order valence-electron chi connectivity index (χ4n) is 2.78. The first-order valence-corrected chi connectivity index (χ1v) is 7.12. The van der Waals surface area contributed by atoms with Crippen LogP contribution in [0.1, 0.15) is 63.8 Å². The highest BCUT2D eigenvalue weighted by molar-refractivity contribution is 5.52. The lowest BCUT2D eigenvalue weighted by Crippen LogP contribution is -2.17. The summed E-state index contributed by atoms with van der Waals surface area (Å²) in [6, 6.07) is 2.36. The molecule has 0 atom stereocenters. The zero-order valence-electron chi connectivity index (χ0n) is 13.1. The molecule has 0 radical (unpaired) electrons. The average Bonchev–Trinajstić information content (AvgIpc) is 2.34. The van der Waals surface area contributed by atoms with Crippen molar-refractivity contribution in [3.8, 4) is 5.75 Å². The van der Waals surface area contributed by atoms with Crippen molar-refractivity contribution < 1.29 is 4.74 Å². The molecule has 0 spiro atoms. The van der Waals surface area contributed by atoms with E-state index in [0.717, 1.165) is 25.0 Å². The molecular formula is C17H28O. The van der Waals surface area contributed by atoms with Gasteiger partial charge in [0.05, 0.1) is 7.11 Å². The monoisotopic (exact) mass is 248 g/mol. The van der Waals surface area contributed by atoms with Gasteiger partial charge in [-0.25, -0.2) is 0 Å². The molecule has 1 rings (SSSR count). The topological polar surface area (TPSA) is 9.23 Å². The van der Waals surface area contributed by atoms with E-state index in [1.807, 2.05) is 0 Å². The molecule has 0 saturated heterocycles. The van der Waals surface area contributed by atoms with Gasteiger partial charge in [-0.05, 0) is 46.9 Å². The summed E-state index contributed by atoms with van der Waals surface area (Å²) < 4.78 is 5.67. The van der Waals surface area contributed by atoms with E-state index < -0.39 is 0 Å². The average molecular weight is 248 g/mol. The van der Waals surface area contributed by atoms with Gasteiger partial charge in [-0.1, -0.05) is 47.6 Å². The molecule has 1 heteroatoms. The molecule has 18 heavy (non-hydrogen) atoms. The van der Waals surface area contributed by atoms with Crippen molar-refractivity contribution in [2.75, 3.05) is 7.11 Å². The van der Waals surface area contributed by atoms with Crippen LogP contribution >= 0.6 is 0 Å². The number of rotatable bonds is 4. The normalized spacial score (nSPS) is 11.7. The Bertz CT molecular complexity index is 411. The van der Waals surface area contributed by atoms with Crippen molar-refractivity contribution in [1.29, 1.82) is 0 Å². The molecule has 0 N–H and O–H groups in total. The van der Waals surface area contributed by atoms with Crippen LogP contribution in [0.3, 0.4) is 0 Å². The van der Waals surface area contributed by atoms with E-state index in [4.69, 9.17) is 4.74 Å². The Balaban J connectivity index is 3.64. The van der Waals surface area contributed by atoms with Gasteiger partial charge in [-0.3, -0.25) is 0 Å². The fourth-order valence-corrected chi connectivity index (χ4v) is 2.78. The van der Waals surface area contributed by atoms with E-state index in [1.54, 1.807) is 7.11 Å². The van der Waals surface area contributed by atoms with Crippen molar-refractivity contribution in [2.24, 2.45) is 0 Å². The first-order chi connectivity index (χ1) is 8.40. The Kier molecular flexibility index (Phi) is 4.84. The maximum Gasteiger partial charge on any atom is 0.125 e. The molecule has 0 heterocycles. The lowest BCUT2D eigenvalue weighted by molar-refractivity contribution is 0.403. The first kappa shape index (κ1) is 15.1. The van der Waals surface area contributed by atoms with E-state index in [0.29, 0.717) is 0 Å². The molecule has 0 bridgehead atoms. The van der Waals surface area contributed by atoms with Crippen LogP contribution in [0.4, 0.5) is 0 Å². The van der Waals surface area contributed by atoms with Gasteiger partial charge in [0.25, 0.3) is 0 Å². The number of methoxy groups -OCH3 is 1. The smallest absolute Gasteiger partial charge is 0.125 e. The SMILES string of the molecule is CCc1cc(C(C)(C)C)c(CC)c(CC)c1OC. The minimum absolute atomic E-state index is 0.200. The van der Waals surface area contributed by atoms with Crippen LogP contribution in [-0.2, 0) is 24.7 Å². The highest BCUT2D eigenvalue weighted by Crippen LogP contribution is 2.37. The summed E-state index contributed by atoms with van der Waals surface area (Å²) in [5.41, 5.74) is 5.92. The van der Waals surface area contributed by atoms with Crippen LogP contribution in [-0.4, -0.2) is 7.11 Å². The minimum atomic E-state index is 0.200. The fraction of sp³-hybridized carbons (Fsp3) is 0.647. The summed E-state index contributed by atoms with van der Waals surface area (Å²) in [7, 11) is 1.80. The molecule has 0 aromatic heterocycles. The van der Waals surface area contributed by atoms with Crippen molar-refractivity contribution in [2.45, 2.75) is 66.2 Å². The summed E-state index contributed by atoms with van der Waals surface area (Å²) in [4.78, 5) is 0. The van der Waals surface area contributed by atoms with E-state index in [-0.39, 0.29) is 5.41 Å². The van der Waals surface area contributed by atoms with E-state index in [1.165, 1.54) is 22.3 Å². The van der Waals surface area contributed by atoms with Gasteiger partial charge in [0.15, 0.2) is 0 Å². The molecule has 0 saturated carbocycles. The second-order valence-corrected chi connectivity index (χ2v) is 5.88. The van der Waals surface area contributed by atoms with Crippen LogP contribution in [0.15, 0.2) is 6.07 Å². The van der Waals surface area contributed by atoms with Gasteiger partial charge in [0.1, 0.15) is 5.75 Å². The van der Waals surface area contributed by atoms with Crippen LogP contribution in [0.25, 0.3) is 0 Å². The van der Waals surface area contributed by atoms with E-state index >= 15 is 0 Å².